The smallest absolute Gasteiger partial charge is 0.207 e. The molecule has 0 saturated carbocycles. The molecule has 0 bridgehead atoms. The van der Waals surface area contributed by atoms with Gasteiger partial charge in [0.05, 0.1) is 4.90 Å². The van der Waals surface area contributed by atoms with Crippen LogP contribution in [0, 0.1) is 0 Å². The molecule has 3 nitrogen and oxygen atoms in total. The molecule has 2 rings (SSSR count). The lowest BCUT2D eigenvalue weighted by Crippen LogP contribution is -2.26. The summed E-state index contributed by atoms with van der Waals surface area (Å²) in [5.41, 5.74) is 0.855. The highest BCUT2D eigenvalue weighted by atomic mass is 79.9. The van der Waals surface area contributed by atoms with E-state index >= 15 is 0 Å². The molecular weight excluding hydrogens is 362 g/mol. The highest BCUT2D eigenvalue weighted by molar-refractivity contribution is 9.10. The number of halogens is 2. The molecule has 0 aromatic heterocycles. The molecule has 106 valence electrons. The van der Waals surface area contributed by atoms with Crippen LogP contribution in [0.4, 0.5) is 0 Å². The third-order valence-corrected chi connectivity index (χ3v) is 5.09. The normalized spacial score (nSPS) is 13.2. The predicted molar refractivity (Wildman–Crippen MR) is 84.3 cm³/mol. The van der Waals surface area contributed by atoms with Crippen LogP contribution in [0.5, 0.6) is 0 Å². The van der Waals surface area contributed by atoms with Gasteiger partial charge in [0.25, 0.3) is 0 Å². The van der Waals surface area contributed by atoms with Gasteiger partial charge in [0, 0.05) is 15.5 Å². The van der Waals surface area contributed by atoms with Crippen molar-refractivity contribution in [1.29, 1.82) is 0 Å². The summed E-state index contributed by atoms with van der Waals surface area (Å²) in [5, 5.41) is 0.621. The van der Waals surface area contributed by atoms with Crippen molar-refractivity contribution < 1.29 is 8.42 Å². The van der Waals surface area contributed by atoms with Crippen LogP contribution in [0.2, 0.25) is 5.02 Å². The lowest BCUT2D eigenvalue weighted by molar-refractivity contribution is 0.567. The van der Waals surface area contributed by atoms with Crippen molar-refractivity contribution in [2.45, 2.75) is 17.9 Å². The Balaban J connectivity index is 2.22. The maximum Gasteiger partial charge on any atom is 0.241 e. The second-order valence-electron chi connectivity index (χ2n) is 4.35. The van der Waals surface area contributed by atoms with E-state index < -0.39 is 10.0 Å². The highest BCUT2D eigenvalue weighted by Crippen LogP contribution is 2.20. The van der Waals surface area contributed by atoms with E-state index in [1.807, 2.05) is 0 Å². The van der Waals surface area contributed by atoms with E-state index in [-0.39, 0.29) is 10.9 Å². The molecule has 20 heavy (non-hydrogen) atoms. The first-order chi connectivity index (χ1) is 9.38. The van der Waals surface area contributed by atoms with Gasteiger partial charge in [0.15, 0.2) is 0 Å². The molecule has 0 fully saturated rings. The molecule has 0 spiro atoms. The summed E-state index contributed by atoms with van der Waals surface area (Å²) in [6.07, 6.45) is 0. The SMILES string of the molecule is CC(NS(=O)(=O)c1cccc(Br)c1)c1ccc(Cl)cc1. The van der Waals surface area contributed by atoms with E-state index in [9.17, 15) is 8.42 Å². The van der Waals surface area contributed by atoms with Gasteiger partial charge in [-0.1, -0.05) is 45.7 Å². The first-order valence-corrected chi connectivity index (χ1v) is 8.57. The lowest BCUT2D eigenvalue weighted by atomic mass is 10.1. The second kappa shape index (κ2) is 6.26. The van der Waals surface area contributed by atoms with Gasteiger partial charge in [0.1, 0.15) is 0 Å². The molecule has 1 unspecified atom stereocenters. The summed E-state index contributed by atoms with van der Waals surface area (Å²) in [4.78, 5) is 0.229. The standard InChI is InChI=1S/C14H13BrClNO2S/c1-10(11-5-7-13(16)8-6-11)17-20(18,19)14-4-2-3-12(15)9-14/h2-10,17H,1H3. The fraction of sp³-hybridized carbons (Fsp3) is 0.143. The summed E-state index contributed by atoms with van der Waals surface area (Å²) in [6, 6.07) is 13.3. The zero-order valence-electron chi connectivity index (χ0n) is 10.7. The van der Waals surface area contributed by atoms with Gasteiger partial charge in [-0.25, -0.2) is 13.1 Å². The van der Waals surface area contributed by atoms with Crippen molar-refractivity contribution in [2.24, 2.45) is 0 Å². The Morgan fingerprint density at radius 2 is 1.80 bits per heavy atom. The van der Waals surface area contributed by atoms with Crippen molar-refractivity contribution in [2.75, 3.05) is 0 Å². The number of hydrogen-bond acceptors (Lipinski definition) is 2. The van der Waals surface area contributed by atoms with Crippen molar-refractivity contribution in [3.8, 4) is 0 Å². The summed E-state index contributed by atoms with van der Waals surface area (Å²) < 4.78 is 27.9. The first-order valence-electron chi connectivity index (χ1n) is 5.92. The van der Waals surface area contributed by atoms with Gasteiger partial charge in [-0.3, -0.25) is 0 Å². The third-order valence-electron chi connectivity index (χ3n) is 2.81. The highest BCUT2D eigenvalue weighted by Gasteiger charge is 2.18. The van der Waals surface area contributed by atoms with E-state index in [1.165, 1.54) is 0 Å². The molecule has 0 saturated heterocycles. The van der Waals surface area contributed by atoms with Crippen molar-refractivity contribution in [1.82, 2.24) is 4.72 Å². The Labute approximate surface area is 132 Å². The van der Waals surface area contributed by atoms with Crippen LogP contribution in [0.25, 0.3) is 0 Å². The molecule has 2 aromatic rings. The van der Waals surface area contributed by atoms with Gasteiger partial charge >= 0.3 is 0 Å². The summed E-state index contributed by atoms with van der Waals surface area (Å²) in [7, 11) is -3.55. The largest absolute Gasteiger partial charge is 0.241 e. The molecule has 1 N–H and O–H groups in total. The number of sulfonamides is 1. The van der Waals surface area contributed by atoms with E-state index in [1.54, 1.807) is 55.5 Å². The average Bonchev–Trinajstić information content (AvgIpc) is 2.39. The van der Waals surface area contributed by atoms with Crippen molar-refractivity contribution >= 4 is 37.6 Å². The molecule has 0 heterocycles. The Kier molecular flexibility index (Phi) is 4.86. The molecule has 2 aromatic carbocycles. The summed E-state index contributed by atoms with van der Waals surface area (Å²) >= 11 is 9.09. The zero-order valence-corrected chi connectivity index (χ0v) is 13.8. The molecule has 0 amide bonds. The topological polar surface area (TPSA) is 46.2 Å². The summed E-state index contributed by atoms with van der Waals surface area (Å²) in [5.74, 6) is 0. The molecule has 6 heteroatoms. The Hall–Kier alpha value is -0.880. The van der Waals surface area contributed by atoms with Gasteiger partial charge < -0.3 is 0 Å². The van der Waals surface area contributed by atoms with Crippen LogP contribution in [-0.2, 0) is 10.0 Å². The fourth-order valence-corrected chi connectivity index (χ4v) is 3.71. The molecular formula is C14H13BrClNO2S. The van der Waals surface area contributed by atoms with Gasteiger partial charge in [0.2, 0.25) is 10.0 Å². The van der Waals surface area contributed by atoms with E-state index in [0.717, 1.165) is 10.0 Å². The first kappa shape index (κ1) is 15.5. The second-order valence-corrected chi connectivity index (χ2v) is 7.42. The van der Waals surface area contributed by atoms with E-state index in [0.29, 0.717) is 5.02 Å². The van der Waals surface area contributed by atoms with Gasteiger partial charge in [-0.05, 0) is 42.8 Å². The monoisotopic (exact) mass is 373 g/mol. The molecule has 0 aliphatic rings. The lowest BCUT2D eigenvalue weighted by Gasteiger charge is -2.15. The van der Waals surface area contributed by atoms with Crippen LogP contribution in [0.15, 0.2) is 57.9 Å². The number of nitrogens with one attached hydrogen (secondary N) is 1. The maximum atomic E-state index is 12.3. The van der Waals surface area contributed by atoms with Crippen LogP contribution in [0.1, 0.15) is 18.5 Å². The van der Waals surface area contributed by atoms with Gasteiger partial charge in [-0.2, -0.15) is 0 Å². The molecule has 0 aliphatic heterocycles. The Morgan fingerprint density at radius 3 is 2.40 bits per heavy atom. The quantitative estimate of drug-likeness (QED) is 0.874. The third kappa shape index (κ3) is 3.82. The van der Waals surface area contributed by atoms with Crippen LogP contribution in [0.3, 0.4) is 0 Å². The van der Waals surface area contributed by atoms with Crippen LogP contribution >= 0.6 is 27.5 Å². The Bertz CT molecular complexity index is 701. The zero-order chi connectivity index (χ0) is 14.8. The summed E-state index contributed by atoms with van der Waals surface area (Å²) in [6.45, 7) is 1.79. The minimum atomic E-state index is -3.55. The molecule has 1 atom stereocenters. The molecule has 0 aliphatic carbocycles. The maximum absolute atomic E-state index is 12.3. The molecule has 0 radical (unpaired) electrons. The minimum Gasteiger partial charge on any atom is -0.207 e. The van der Waals surface area contributed by atoms with Crippen molar-refractivity contribution in [3.63, 3.8) is 0 Å². The van der Waals surface area contributed by atoms with E-state index in [4.69, 9.17) is 11.6 Å². The van der Waals surface area contributed by atoms with Crippen molar-refractivity contribution in [3.05, 3.63) is 63.6 Å². The van der Waals surface area contributed by atoms with Crippen LogP contribution < -0.4 is 4.72 Å². The Morgan fingerprint density at radius 1 is 1.15 bits per heavy atom. The van der Waals surface area contributed by atoms with E-state index in [2.05, 4.69) is 20.7 Å². The number of rotatable bonds is 4. The minimum absolute atomic E-state index is 0.229. The number of benzene rings is 2. The van der Waals surface area contributed by atoms with Crippen LogP contribution in [-0.4, -0.2) is 8.42 Å². The fourth-order valence-electron chi connectivity index (χ4n) is 1.75. The van der Waals surface area contributed by atoms with Gasteiger partial charge in [-0.15, -0.1) is 0 Å². The number of hydrogen-bond donors (Lipinski definition) is 1. The average molecular weight is 375 g/mol. The predicted octanol–water partition coefficient (Wildman–Crippen LogP) is 4.14.